The van der Waals surface area contributed by atoms with Crippen LogP contribution in [-0.2, 0) is 25.6 Å². The molecule has 3 heterocycles. The zero-order valence-electron chi connectivity index (χ0n) is 33.9. The van der Waals surface area contributed by atoms with Crippen molar-refractivity contribution in [2.24, 2.45) is 5.16 Å². The Labute approximate surface area is 369 Å². The van der Waals surface area contributed by atoms with Crippen molar-refractivity contribution in [2.75, 3.05) is 11.1 Å². The minimum absolute atomic E-state index is 0.0719. The number of oxime groups is 1. The fourth-order valence-corrected chi connectivity index (χ4v) is 10.6. The summed E-state index contributed by atoms with van der Waals surface area (Å²) in [6.07, 6.45) is 1.79. The second-order valence-electron chi connectivity index (χ2n) is 15.0. The molecular formula is C52H43N5O3S2. The van der Waals surface area contributed by atoms with Gasteiger partial charge in [-0.1, -0.05) is 200 Å². The lowest BCUT2D eigenvalue weighted by Gasteiger charge is -2.49. The van der Waals surface area contributed by atoms with Crippen molar-refractivity contribution in [3.8, 4) is 0 Å². The van der Waals surface area contributed by atoms with Gasteiger partial charge in [0.05, 0.1) is 0 Å². The van der Waals surface area contributed by atoms with E-state index in [0.29, 0.717) is 10.9 Å². The molecule has 2 N–H and O–H groups in total. The largest absolute Gasteiger partial charge is 0.374 e. The van der Waals surface area contributed by atoms with Crippen LogP contribution in [0.15, 0.2) is 216 Å². The summed E-state index contributed by atoms with van der Waals surface area (Å²) in [5.74, 6) is -0.0971. The maximum atomic E-state index is 14.9. The smallest absolute Gasteiger partial charge is 0.276 e. The number of aromatic nitrogens is 1. The van der Waals surface area contributed by atoms with Crippen molar-refractivity contribution in [1.82, 2.24) is 15.2 Å². The number of nitrogens with zero attached hydrogens (tertiary/aromatic N) is 3. The van der Waals surface area contributed by atoms with Gasteiger partial charge < -0.3 is 15.5 Å². The quantitative estimate of drug-likeness (QED) is 0.0490. The Kier molecular flexibility index (Phi) is 11.4. The van der Waals surface area contributed by atoms with Crippen molar-refractivity contribution in [3.05, 3.63) is 250 Å². The number of rotatable bonds is 14. The molecule has 6 aromatic carbocycles. The molecule has 1 aromatic heterocycles. The first kappa shape index (κ1) is 40.4. The predicted octanol–water partition coefficient (Wildman–Crippen LogP) is 10.1. The molecule has 306 valence electrons. The maximum Gasteiger partial charge on any atom is 0.276 e. The average molecular weight is 850 g/mol. The Hall–Kier alpha value is -7.01. The molecule has 8 nitrogen and oxygen atoms in total. The van der Waals surface area contributed by atoms with E-state index in [-0.39, 0.29) is 22.7 Å². The van der Waals surface area contributed by atoms with Crippen LogP contribution in [0.5, 0.6) is 0 Å². The first-order valence-corrected chi connectivity index (χ1v) is 22.3. The molecule has 1 saturated heterocycles. The second kappa shape index (κ2) is 17.5. The van der Waals surface area contributed by atoms with Crippen LogP contribution in [0.3, 0.4) is 0 Å². The van der Waals surface area contributed by atoms with Crippen molar-refractivity contribution in [2.45, 2.75) is 29.5 Å². The van der Waals surface area contributed by atoms with Crippen LogP contribution in [0.2, 0.25) is 0 Å². The number of carbonyl (C=O) groups excluding carboxylic acids is 2. The van der Waals surface area contributed by atoms with E-state index < -0.39 is 23.1 Å². The van der Waals surface area contributed by atoms with Gasteiger partial charge in [-0.25, -0.2) is 4.98 Å². The molecule has 0 saturated carbocycles. The predicted molar refractivity (Wildman–Crippen MR) is 250 cm³/mol. The summed E-state index contributed by atoms with van der Waals surface area (Å²) in [6, 6.07) is 59.5. The first-order valence-electron chi connectivity index (χ1n) is 20.3. The summed E-state index contributed by atoms with van der Waals surface area (Å²) in [7, 11) is 0. The number of nitrogens with one attached hydrogen (secondary N) is 2. The van der Waals surface area contributed by atoms with Crippen LogP contribution in [0.1, 0.15) is 46.0 Å². The molecule has 10 heteroatoms. The summed E-state index contributed by atoms with van der Waals surface area (Å²) < 4.78 is 0. The minimum Gasteiger partial charge on any atom is -0.374 e. The number of allylic oxidation sites excluding steroid dienone is 2. The summed E-state index contributed by atoms with van der Waals surface area (Å²) in [6.45, 7) is 5.85. The minimum atomic E-state index is -1.28. The Morgan fingerprint density at radius 1 is 0.726 bits per heavy atom. The summed E-state index contributed by atoms with van der Waals surface area (Å²) in [4.78, 5) is 42.4. The van der Waals surface area contributed by atoms with Gasteiger partial charge in [0, 0.05) is 33.5 Å². The van der Waals surface area contributed by atoms with E-state index in [2.05, 4.69) is 53.6 Å². The van der Waals surface area contributed by atoms with Crippen LogP contribution < -0.4 is 10.6 Å². The highest BCUT2D eigenvalue weighted by atomic mass is 32.2. The molecule has 2 atom stereocenters. The van der Waals surface area contributed by atoms with Gasteiger partial charge in [-0.05, 0) is 29.2 Å². The van der Waals surface area contributed by atoms with E-state index in [1.807, 2.05) is 153 Å². The number of hydrogen-bond donors (Lipinski definition) is 2. The third-order valence-corrected chi connectivity index (χ3v) is 13.6. The van der Waals surface area contributed by atoms with Crippen LogP contribution in [0.25, 0.3) is 0 Å². The van der Waals surface area contributed by atoms with E-state index in [1.165, 1.54) is 11.3 Å². The van der Waals surface area contributed by atoms with Crippen LogP contribution in [0, 0.1) is 0 Å². The number of thiazole rings is 1. The molecule has 1 fully saturated rings. The highest BCUT2D eigenvalue weighted by molar-refractivity contribution is 8.00. The molecule has 0 spiro atoms. The molecule has 0 radical (unpaired) electrons. The van der Waals surface area contributed by atoms with E-state index in [1.54, 1.807) is 28.1 Å². The van der Waals surface area contributed by atoms with Gasteiger partial charge in [0.2, 0.25) is 5.60 Å². The number of carbonyl (C=O) groups is 2. The molecule has 0 unspecified atom stereocenters. The summed E-state index contributed by atoms with van der Waals surface area (Å²) >= 11 is 2.95. The summed E-state index contributed by atoms with van der Waals surface area (Å²) in [5.41, 5.74) is 5.36. The molecule has 9 rings (SSSR count). The van der Waals surface area contributed by atoms with Gasteiger partial charge in [-0.3, -0.25) is 14.5 Å². The Bertz CT molecular complexity index is 2550. The molecular weight excluding hydrogens is 807 g/mol. The average Bonchev–Trinajstić information content (AvgIpc) is 3.80. The van der Waals surface area contributed by atoms with Gasteiger partial charge in [0.1, 0.15) is 22.6 Å². The van der Waals surface area contributed by atoms with E-state index in [4.69, 9.17) is 15.0 Å². The van der Waals surface area contributed by atoms with Gasteiger partial charge in [-0.15, -0.1) is 23.1 Å². The van der Waals surface area contributed by atoms with Crippen LogP contribution >= 0.6 is 23.1 Å². The fraction of sp³-hybridized carbons (Fsp3) is 0.115. The van der Waals surface area contributed by atoms with E-state index in [0.717, 1.165) is 44.7 Å². The standard InChI is InChI=1S/C52H43N5O3S2/c1-3-37-34-61-49-46(48(59)57(49)36(37)2)54-47(58)45(56-60-52(41-28-16-7-17-29-41,42-30-18-8-19-31-42)43-32-20-9-21-33-43)44-35-62-50(53-44)55-51(38-22-10-4-11-23-38,39-24-12-5-13-25-39)40-26-14-6-15-27-40/h3-33,35,46,49H,1,34H2,2H3,(H,53,55)(H,54,58)/b56-45+/t46-,49-/m1/s1. The zero-order chi connectivity index (χ0) is 42.5. The number of fused-ring (bicyclic) bond motifs is 1. The van der Waals surface area contributed by atoms with Gasteiger partial charge in [0.25, 0.3) is 11.8 Å². The second-order valence-corrected chi connectivity index (χ2v) is 17.0. The summed E-state index contributed by atoms with van der Waals surface area (Å²) in [5, 5.41) is 13.8. The highest BCUT2D eigenvalue weighted by Crippen LogP contribution is 2.44. The lowest BCUT2D eigenvalue weighted by atomic mass is 9.77. The van der Waals surface area contributed by atoms with Crippen LogP contribution in [0.4, 0.5) is 5.13 Å². The fourth-order valence-electron chi connectivity index (χ4n) is 8.35. The van der Waals surface area contributed by atoms with E-state index >= 15 is 0 Å². The third kappa shape index (κ3) is 7.31. The highest BCUT2D eigenvalue weighted by Gasteiger charge is 2.52. The normalized spacial score (nSPS) is 16.5. The van der Waals surface area contributed by atoms with Crippen molar-refractivity contribution < 1.29 is 14.4 Å². The molecule has 2 aliphatic heterocycles. The number of amides is 2. The lowest BCUT2D eigenvalue weighted by Crippen LogP contribution is -2.70. The number of benzene rings is 6. The Balaban J connectivity index is 1.17. The van der Waals surface area contributed by atoms with Gasteiger partial charge in [-0.2, -0.15) is 0 Å². The molecule has 2 amide bonds. The van der Waals surface area contributed by atoms with Crippen molar-refractivity contribution >= 4 is 45.8 Å². The monoisotopic (exact) mass is 849 g/mol. The lowest BCUT2D eigenvalue weighted by molar-refractivity contribution is -0.144. The topological polar surface area (TPSA) is 95.9 Å². The maximum absolute atomic E-state index is 14.9. The number of β-lactam (4-membered cyclic amide) rings is 1. The molecule has 7 aromatic rings. The van der Waals surface area contributed by atoms with Crippen molar-refractivity contribution in [3.63, 3.8) is 0 Å². The molecule has 2 aliphatic rings. The number of hydrogen-bond acceptors (Lipinski definition) is 8. The molecule has 62 heavy (non-hydrogen) atoms. The zero-order valence-corrected chi connectivity index (χ0v) is 35.6. The van der Waals surface area contributed by atoms with Gasteiger partial charge >= 0.3 is 0 Å². The number of anilines is 1. The SMILES string of the molecule is C=CC1=C(C)N2C(=O)[C@@H](NC(=O)/C(=N/OC(c3ccccc3)(c3ccccc3)c3ccccc3)c3csc(NC(c4ccccc4)(c4ccccc4)c4ccccc4)n3)[C@H]2SC1. The van der Waals surface area contributed by atoms with E-state index in [9.17, 15) is 9.59 Å². The Morgan fingerprint density at radius 2 is 1.16 bits per heavy atom. The van der Waals surface area contributed by atoms with Crippen LogP contribution in [-0.4, -0.2) is 44.6 Å². The van der Waals surface area contributed by atoms with Crippen molar-refractivity contribution in [1.29, 1.82) is 0 Å². The van der Waals surface area contributed by atoms with Gasteiger partial charge in [0.15, 0.2) is 10.8 Å². The first-order chi connectivity index (χ1) is 30.4. The Morgan fingerprint density at radius 3 is 1.60 bits per heavy atom. The number of thioether (sulfide) groups is 1. The molecule has 0 aliphatic carbocycles. The third-order valence-electron chi connectivity index (χ3n) is 11.5. The molecule has 0 bridgehead atoms.